The van der Waals surface area contributed by atoms with E-state index in [2.05, 4.69) is 15.0 Å². The summed E-state index contributed by atoms with van der Waals surface area (Å²) in [5.74, 6) is -0.543. The summed E-state index contributed by atoms with van der Waals surface area (Å²) < 4.78 is 34.5. The van der Waals surface area contributed by atoms with Crippen LogP contribution in [0.4, 0.5) is 14.5 Å². The Kier molecular flexibility index (Phi) is 4.97. The Balaban J connectivity index is 1.93. The van der Waals surface area contributed by atoms with Gasteiger partial charge in [0.05, 0.1) is 18.3 Å². The predicted molar refractivity (Wildman–Crippen MR) is 94.1 cm³/mol. The highest BCUT2D eigenvalue weighted by Gasteiger charge is 2.15. The van der Waals surface area contributed by atoms with Crippen molar-refractivity contribution < 1.29 is 23.0 Å². The Hall–Kier alpha value is -3.22. The lowest BCUT2D eigenvalue weighted by Gasteiger charge is -2.13. The number of ether oxygens (including phenoxy) is 2. The number of nitrogens with one attached hydrogen (secondary N) is 1. The molecule has 5 nitrogen and oxygen atoms in total. The summed E-state index contributed by atoms with van der Waals surface area (Å²) in [6, 6.07) is 11.4. The van der Waals surface area contributed by atoms with Crippen LogP contribution in [0.2, 0.25) is 0 Å². The monoisotopic (exact) mass is 358 g/mol. The van der Waals surface area contributed by atoms with Crippen LogP contribution in [0.15, 0.2) is 48.7 Å². The molecule has 1 aromatic heterocycles. The molecular formula is C19H16F2N2O3. The van der Waals surface area contributed by atoms with E-state index in [-0.39, 0.29) is 17.1 Å². The Morgan fingerprint density at radius 3 is 2.69 bits per heavy atom. The number of anilines is 1. The molecule has 0 saturated heterocycles. The van der Waals surface area contributed by atoms with Crippen molar-refractivity contribution >= 4 is 22.5 Å². The highest BCUT2D eigenvalue weighted by Crippen LogP contribution is 2.30. The van der Waals surface area contributed by atoms with Crippen molar-refractivity contribution in [2.45, 2.75) is 13.5 Å². The molecule has 1 heterocycles. The van der Waals surface area contributed by atoms with Gasteiger partial charge >= 0.3 is 6.61 Å². The van der Waals surface area contributed by atoms with Gasteiger partial charge < -0.3 is 14.8 Å². The van der Waals surface area contributed by atoms with E-state index in [9.17, 15) is 13.6 Å². The molecule has 7 heteroatoms. The number of aromatic nitrogens is 1. The third kappa shape index (κ3) is 3.56. The van der Waals surface area contributed by atoms with E-state index in [0.29, 0.717) is 5.69 Å². The van der Waals surface area contributed by atoms with Gasteiger partial charge in [0, 0.05) is 17.1 Å². The predicted octanol–water partition coefficient (Wildman–Crippen LogP) is 4.41. The number of nitrogens with zero attached hydrogens (tertiary/aromatic N) is 1. The molecule has 0 saturated carbocycles. The number of amides is 1. The van der Waals surface area contributed by atoms with E-state index in [0.717, 1.165) is 16.5 Å². The normalized spacial score (nSPS) is 10.8. The number of hydrogen-bond donors (Lipinski definition) is 1. The number of halogens is 2. The smallest absolute Gasteiger partial charge is 0.387 e. The summed E-state index contributed by atoms with van der Waals surface area (Å²) in [6.07, 6.45) is 1.68. The number of aryl methyl sites for hydroxylation is 1. The maximum absolute atomic E-state index is 12.6. The van der Waals surface area contributed by atoms with Crippen LogP contribution < -0.4 is 14.8 Å². The summed E-state index contributed by atoms with van der Waals surface area (Å²) in [7, 11) is 1.33. The topological polar surface area (TPSA) is 60.5 Å². The fraction of sp³-hybridized carbons (Fsp3) is 0.158. The summed E-state index contributed by atoms with van der Waals surface area (Å²) in [6.45, 7) is -1.09. The standard InChI is InChI=1S/C19H16F2N2O3/c1-11-5-7-14(13-4-3-9-22-17(11)13)23-18(24)12-6-8-15(25-2)16(10-12)26-19(20)21/h3-10,19H,1-2H3,(H,23,24). The number of fused-ring (bicyclic) bond motifs is 1. The minimum Gasteiger partial charge on any atom is -0.493 e. The van der Waals surface area contributed by atoms with E-state index in [1.165, 1.54) is 25.3 Å². The van der Waals surface area contributed by atoms with Crippen molar-refractivity contribution in [3.63, 3.8) is 0 Å². The quantitative estimate of drug-likeness (QED) is 0.734. The van der Waals surface area contributed by atoms with Crippen LogP contribution >= 0.6 is 0 Å². The van der Waals surface area contributed by atoms with Crippen molar-refractivity contribution in [3.05, 3.63) is 59.8 Å². The summed E-state index contributed by atoms with van der Waals surface area (Å²) in [5.41, 5.74) is 2.51. The molecule has 0 fully saturated rings. The lowest BCUT2D eigenvalue weighted by molar-refractivity contribution is -0.0512. The first-order valence-corrected chi connectivity index (χ1v) is 7.78. The van der Waals surface area contributed by atoms with Gasteiger partial charge in [0.15, 0.2) is 11.5 Å². The van der Waals surface area contributed by atoms with E-state index in [1.54, 1.807) is 18.3 Å². The summed E-state index contributed by atoms with van der Waals surface area (Å²) in [5, 5.41) is 3.57. The zero-order chi connectivity index (χ0) is 18.7. The molecule has 0 unspecified atom stereocenters. The molecule has 2 aromatic carbocycles. The Labute approximate surface area is 148 Å². The molecular weight excluding hydrogens is 342 g/mol. The highest BCUT2D eigenvalue weighted by molar-refractivity contribution is 6.09. The fourth-order valence-electron chi connectivity index (χ4n) is 2.62. The molecule has 1 N–H and O–H groups in total. The van der Waals surface area contributed by atoms with E-state index < -0.39 is 12.5 Å². The molecule has 0 spiro atoms. The first-order chi connectivity index (χ1) is 12.5. The highest BCUT2D eigenvalue weighted by atomic mass is 19.3. The Morgan fingerprint density at radius 1 is 1.15 bits per heavy atom. The van der Waals surface area contributed by atoms with Crippen LogP contribution in [0.3, 0.4) is 0 Å². The minimum absolute atomic E-state index is 0.117. The van der Waals surface area contributed by atoms with Crippen molar-refractivity contribution in [1.29, 1.82) is 0 Å². The Morgan fingerprint density at radius 2 is 1.96 bits per heavy atom. The van der Waals surface area contributed by atoms with Crippen LogP contribution in [0.25, 0.3) is 10.9 Å². The number of pyridine rings is 1. The molecule has 0 aliphatic heterocycles. The van der Waals surface area contributed by atoms with Crippen LogP contribution in [-0.4, -0.2) is 24.6 Å². The number of rotatable bonds is 5. The Bertz CT molecular complexity index is 961. The molecule has 1 amide bonds. The van der Waals surface area contributed by atoms with Gasteiger partial charge in [0.2, 0.25) is 0 Å². The second-order valence-electron chi connectivity index (χ2n) is 5.53. The molecule has 0 aliphatic rings. The molecule has 3 rings (SSSR count). The number of alkyl halides is 2. The number of benzene rings is 2. The van der Waals surface area contributed by atoms with E-state index >= 15 is 0 Å². The second kappa shape index (κ2) is 7.35. The molecule has 0 aliphatic carbocycles. The lowest BCUT2D eigenvalue weighted by atomic mass is 10.1. The van der Waals surface area contributed by atoms with E-state index in [4.69, 9.17) is 4.74 Å². The van der Waals surface area contributed by atoms with Gasteiger partial charge in [-0.2, -0.15) is 8.78 Å². The second-order valence-corrected chi connectivity index (χ2v) is 5.53. The van der Waals surface area contributed by atoms with Crippen molar-refractivity contribution in [3.8, 4) is 11.5 Å². The van der Waals surface area contributed by atoms with Crippen molar-refractivity contribution in [2.24, 2.45) is 0 Å². The van der Waals surface area contributed by atoms with Crippen molar-refractivity contribution in [2.75, 3.05) is 12.4 Å². The van der Waals surface area contributed by atoms with Gasteiger partial charge in [-0.1, -0.05) is 6.07 Å². The molecule has 0 atom stereocenters. The number of carbonyl (C=O) groups is 1. The number of hydrogen-bond acceptors (Lipinski definition) is 4. The van der Waals surface area contributed by atoms with Gasteiger partial charge in [-0.15, -0.1) is 0 Å². The van der Waals surface area contributed by atoms with E-state index in [1.807, 2.05) is 19.1 Å². The third-order valence-corrected chi connectivity index (χ3v) is 3.86. The van der Waals surface area contributed by atoms with Gasteiger partial charge in [-0.3, -0.25) is 9.78 Å². The lowest BCUT2D eigenvalue weighted by Crippen LogP contribution is -2.13. The van der Waals surface area contributed by atoms with Crippen LogP contribution in [0.1, 0.15) is 15.9 Å². The maximum Gasteiger partial charge on any atom is 0.387 e. The number of carbonyl (C=O) groups excluding carboxylic acids is 1. The van der Waals surface area contributed by atoms with Gasteiger partial charge in [-0.05, 0) is 48.9 Å². The summed E-state index contributed by atoms with van der Waals surface area (Å²) >= 11 is 0. The molecule has 134 valence electrons. The van der Waals surface area contributed by atoms with Crippen LogP contribution in [0.5, 0.6) is 11.5 Å². The molecule has 0 radical (unpaired) electrons. The summed E-state index contributed by atoms with van der Waals surface area (Å²) in [4.78, 5) is 16.9. The van der Waals surface area contributed by atoms with Gasteiger partial charge in [0.1, 0.15) is 0 Å². The van der Waals surface area contributed by atoms with Gasteiger partial charge in [0.25, 0.3) is 5.91 Å². The van der Waals surface area contributed by atoms with Crippen molar-refractivity contribution in [1.82, 2.24) is 4.98 Å². The molecule has 26 heavy (non-hydrogen) atoms. The zero-order valence-electron chi connectivity index (χ0n) is 14.1. The largest absolute Gasteiger partial charge is 0.493 e. The first kappa shape index (κ1) is 17.6. The third-order valence-electron chi connectivity index (χ3n) is 3.86. The average molecular weight is 358 g/mol. The minimum atomic E-state index is -3.02. The maximum atomic E-state index is 12.6. The molecule has 0 bridgehead atoms. The number of methoxy groups -OCH3 is 1. The SMILES string of the molecule is COc1ccc(C(=O)Nc2ccc(C)c3ncccc23)cc1OC(F)F. The fourth-order valence-corrected chi connectivity index (χ4v) is 2.62. The average Bonchev–Trinajstić information content (AvgIpc) is 2.63. The van der Waals surface area contributed by atoms with Crippen LogP contribution in [-0.2, 0) is 0 Å². The first-order valence-electron chi connectivity index (χ1n) is 7.78. The van der Waals surface area contributed by atoms with Crippen LogP contribution in [0, 0.1) is 6.92 Å². The molecule has 3 aromatic rings. The van der Waals surface area contributed by atoms with Gasteiger partial charge in [-0.25, -0.2) is 0 Å². The zero-order valence-corrected chi connectivity index (χ0v) is 14.1.